The topological polar surface area (TPSA) is 0 Å². The smallest absolute Gasteiger partial charge is 0.0345 e. The van der Waals surface area contributed by atoms with E-state index in [2.05, 4.69) is 38.2 Å². The van der Waals surface area contributed by atoms with Gasteiger partial charge >= 0.3 is 0 Å². The van der Waals surface area contributed by atoms with Crippen molar-refractivity contribution in [2.75, 3.05) is 0 Å². The second kappa shape index (κ2) is 6.64. The summed E-state index contributed by atoms with van der Waals surface area (Å²) in [5, 5.41) is 0. The highest BCUT2D eigenvalue weighted by atomic mass is 14.0. The first kappa shape index (κ1) is 11.3. The Morgan fingerprint density at radius 2 is 1.57 bits per heavy atom. The monoisotopic (exact) mass is 190 g/mol. The van der Waals surface area contributed by atoms with Crippen molar-refractivity contribution in [2.45, 2.75) is 52.4 Å². The van der Waals surface area contributed by atoms with E-state index in [1.807, 2.05) is 0 Å². The summed E-state index contributed by atoms with van der Waals surface area (Å²) >= 11 is 0. The molecular weight excluding hydrogens is 168 g/mol. The molecule has 0 nitrogen and oxygen atoms in total. The summed E-state index contributed by atoms with van der Waals surface area (Å²) in [5.41, 5.74) is 2.78. The van der Waals surface area contributed by atoms with Crippen LogP contribution >= 0.6 is 0 Å². The fourth-order valence-electron chi connectivity index (χ4n) is 1.83. The molecule has 0 saturated heterocycles. The summed E-state index contributed by atoms with van der Waals surface area (Å²) in [5.74, 6) is 0. The van der Waals surface area contributed by atoms with Gasteiger partial charge in [0.2, 0.25) is 0 Å². The van der Waals surface area contributed by atoms with Crippen molar-refractivity contribution in [2.24, 2.45) is 0 Å². The van der Waals surface area contributed by atoms with E-state index in [-0.39, 0.29) is 0 Å². The number of allylic oxidation sites excluding steroid dienone is 6. The van der Waals surface area contributed by atoms with E-state index >= 15 is 0 Å². The van der Waals surface area contributed by atoms with E-state index in [0.717, 1.165) is 0 Å². The van der Waals surface area contributed by atoms with Crippen LogP contribution in [0.3, 0.4) is 0 Å². The van der Waals surface area contributed by atoms with Gasteiger partial charge in [-0.25, -0.2) is 0 Å². The Hall–Kier alpha value is -0.780. The quantitative estimate of drug-likeness (QED) is 0.515. The normalized spacial score (nSPS) is 30.1. The van der Waals surface area contributed by atoms with Crippen LogP contribution in [-0.2, 0) is 0 Å². The third kappa shape index (κ3) is 5.06. The summed E-state index contributed by atoms with van der Waals surface area (Å²) in [6, 6.07) is 0. The van der Waals surface area contributed by atoms with Crippen molar-refractivity contribution in [3.8, 4) is 0 Å². The van der Waals surface area contributed by atoms with E-state index in [0.29, 0.717) is 0 Å². The van der Waals surface area contributed by atoms with E-state index < -0.39 is 0 Å². The molecule has 0 radical (unpaired) electrons. The molecule has 0 amide bonds. The van der Waals surface area contributed by atoms with Crippen molar-refractivity contribution < 1.29 is 0 Å². The number of rotatable bonds is 0. The second-order valence-corrected chi connectivity index (χ2v) is 4.23. The Labute approximate surface area is 88.4 Å². The third-order valence-electron chi connectivity index (χ3n) is 2.63. The molecule has 0 heterocycles. The van der Waals surface area contributed by atoms with E-state index in [1.165, 1.54) is 49.7 Å². The van der Waals surface area contributed by atoms with Gasteiger partial charge in [-0.2, -0.15) is 0 Å². The lowest BCUT2D eigenvalue weighted by Crippen LogP contribution is -1.81. The number of hydrogen-bond acceptors (Lipinski definition) is 0. The minimum atomic E-state index is 1.24. The molecule has 0 fully saturated rings. The number of hydrogen-bond donors (Lipinski definition) is 0. The zero-order valence-electron chi connectivity index (χ0n) is 9.55. The first-order valence-corrected chi connectivity index (χ1v) is 5.80. The van der Waals surface area contributed by atoms with Crippen LogP contribution < -0.4 is 0 Å². The van der Waals surface area contributed by atoms with Crippen molar-refractivity contribution >= 4 is 0 Å². The van der Waals surface area contributed by atoms with Crippen LogP contribution in [0, 0.1) is 0 Å². The summed E-state index contributed by atoms with van der Waals surface area (Å²) in [6.45, 7) is 4.38. The Bertz CT molecular complexity index is 241. The second-order valence-electron chi connectivity index (χ2n) is 4.23. The lowest BCUT2D eigenvalue weighted by Gasteiger charge is -2.01. The van der Waals surface area contributed by atoms with Gasteiger partial charge in [0.1, 0.15) is 0 Å². The first-order chi connectivity index (χ1) is 6.79. The van der Waals surface area contributed by atoms with Crippen LogP contribution in [0.2, 0.25) is 0 Å². The van der Waals surface area contributed by atoms with Crippen LogP contribution in [0.1, 0.15) is 52.4 Å². The first-order valence-electron chi connectivity index (χ1n) is 5.80. The lowest BCUT2D eigenvalue weighted by molar-refractivity contribution is 0.651. The Balaban J connectivity index is 2.61. The highest BCUT2D eigenvalue weighted by Crippen LogP contribution is 2.11. The van der Waals surface area contributed by atoms with Gasteiger partial charge in [0.25, 0.3) is 0 Å². The molecule has 0 atom stereocenters. The van der Waals surface area contributed by atoms with Crippen molar-refractivity contribution in [1.29, 1.82) is 0 Å². The lowest BCUT2D eigenvalue weighted by atomic mass is 10.1. The Morgan fingerprint density at radius 1 is 0.857 bits per heavy atom. The fraction of sp³-hybridized carbons (Fsp3) is 0.571. The summed E-state index contributed by atoms with van der Waals surface area (Å²) in [7, 11) is 0. The Morgan fingerprint density at radius 3 is 2.36 bits per heavy atom. The average Bonchev–Trinajstić information content (AvgIpc) is 2.13. The van der Waals surface area contributed by atoms with Gasteiger partial charge in [-0.3, -0.25) is 0 Å². The molecule has 0 bridgehead atoms. The Kier molecular flexibility index (Phi) is 5.36. The molecule has 1 aliphatic carbocycles. The maximum Gasteiger partial charge on any atom is -0.0345 e. The molecular formula is C14H22. The molecule has 14 heavy (non-hydrogen) atoms. The van der Waals surface area contributed by atoms with E-state index in [1.54, 1.807) is 0 Å². The summed E-state index contributed by atoms with van der Waals surface area (Å²) in [4.78, 5) is 0. The zero-order chi connectivity index (χ0) is 10.2. The largest absolute Gasteiger partial charge is 0.0843 e. The highest BCUT2D eigenvalue weighted by molar-refractivity contribution is 5.27. The van der Waals surface area contributed by atoms with E-state index in [9.17, 15) is 0 Å². The van der Waals surface area contributed by atoms with Gasteiger partial charge in [-0.05, 0) is 39.5 Å². The van der Waals surface area contributed by atoms with Gasteiger partial charge in [-0.1, -0.05) is 48.3 Å². The maximum absolute atomic E-state index is 2.36. The minimum absolute atomic E-state index is 1.24. The highest BCUT2D eigenvalue weighted by Gasteiger charge is 1.91. The molecule has 0 spiro atoms. The standard InChI is InChI=1S/C14H22/c1-13-10-8-6-4-3-5-7-9-11-14(2)12-13/h8,10-12H,3-7,9H2,1-2H3/b10-8-,13-12+,14-11-. The van der Waals surface area contributed by atoms with Gasteiger partial charge in [0.05, 0.1) is 0 Å². The van der Waals surface area contributed by atoms with Crippen LogP contribution in [0.5, 0.6) is 0 Å². The summed E-state index contributed by atoms with van der Waals surface area (Å²) < 4.78 is 0. The zero-order valence-corrected chi connectivity index (χ0v) is 9.55. The molecule has 0 aromatic heterocycles. The SMILES string of the molecule is CC1=C\CCCCCC\C=C/C(C)=C/1. The van der Waals surface area contributed by atoms with Crippen LogP contribution in [-0.4, -0.2) is 0 Å². The average molecular weight is 190 g/mol. The molecule has 0 heteroatoms. The van der Waals surface area contributed by atoms with Crippen molar-refractivity contribution in [3.63, 3.8) is 0 Å². The molecule has 1 rings (SSSR count). The molecule has 0 aromatic rings. The fourth-order valence-corrected chi connectivity index (χ4v) is 1.83. The molecule has 0 saturated carbocycles. The molecule has 0 N–H and O–H groups in total. The van der Waals surface area contributed by atoms with Gasteiger partial charge in [-0.15, -0.1) is 0 Å². The molecule has 78 valence electrons. The maximum atomic E-state index is 2.36. The van der Waals surface area contributed by atoms with E-state index in [4.69, 9.17) is 0 Å². The van der Waals surface area contributed by atoms with Crippen LogP contribution in [0.25, 0.3) is 0 Å². The van der Waals surface area contributed by atoms with Crippen LogP contribution in [0.4, 0.5) is 0 Å². The molecule has 1 aliphatic rings. The molecule has 0 unspecified atom stereocenters. The molecule has 0 aliphatic heterocycles. The summed E-state index contributed by atoms with van der Waals surface area (Å²) in [6.07, 6.45) is 17.2. The van der Waals surface area contributed by atoms with Gasteiger partial charge < -0.3 is 0 Å². The predicted octanol–water partition coefficient (Wildman–Crippen LogP) is 4.79. The predicted molar refractivity (Wildman–Crippen MR) is 64.4 cm³/mol. The minimum Gasteiger partial charge on any atom is -0.0843 e. The van der Waals surface area contributed by atoms with Crippen LogP contribution in [0.15, 0.2) is 35.5 Å². The third-order valence-corrected chi connectivity index (χ3v) is 2.63. The van der Waals surface area contributed by atoms with Crippen molar-refractivity contribution in [3.05, 3.63) is 35.5 Å². The van der Waals surface area contributed by atoms with Crippen molar-refractivity contribution in [1.82, 2.24) is 0 Å². The van der Waals surface area contributed by atoms with Gasteiger partial charge in [0.15, 0.2) is 0 Å². The van der Waals surface area contributed by atoms with Gasteiger partial charge in [0, 0.05) is 0 Å². The molecule has 0 aromatic carbocycles.